The third kappa shape index (κ3) is 4.11. The molecule has 0 aliphatic carbocycles. The van der Waals surface area contributed by atoms with Gasteiger partial charge >= 0.3 is 6.18 Å². The lowest BCUT2D eigenvalue weighted by Gasteiger charge is -2.08. The first-order chi connectivity index (χ1) is 12.7. The maximum Gasteiger partial charge on any atom is 0.433 e. The van der Waals surface area contributed by atoms with Gasteiger partial charge in [0, 0.05) is 11.1 Å². The standard InChI is InChI=1S/C15H12F3N5O2S2/c1-7-8(2)27-12-11(7)13(25)23(6-20-12)22-10(24)5-26-14-19-4-3-9(21-14)15(16,17)18/h3-4,6H,5H2,1-2H3,(H,22,24). The number of alkyl halides is 3. The number of rotatable bonds is 4. The first kappa shape index (κ1) is 19.3. The van der Waals surface area contributed by atoms with Gasteiger partial charge in [-0.1, -0.05) is 11.8 Å². The molecule has 0 bridgehead atoms. The predicted octanol–water partition coefficient (Wildman–Crippen LogP) is 2.75. The zero-order chi connectivity index (χ0) is 19.8. The summed E-state index contributed by atoms with van der Waals surface area (Å²) in [6.07, 6.45) is -2.42. The van der Waals surface area contributed by atoms with E-state index in [9.17, 15) is 22.8 Å². The molecule has 3 rings (SSSR count). The highest BCUT2D eigenvalue weighted by molar-refractivity contribution is 7.99. The van der Waals surface area contributed by atoms with E-state index in [0.717, 1.165) is 39.1 Å². The van der Waals surface area contributed by atoms with Crippen molar-refractivity contribution in [1.29, 1.82) is 0 Å². The molecule has 0 fully saturated rings. The normalized spacial score (nSPS) is 11.7. The van der Waals surface area contributed by atoms with Gasteiger partial charge in [-0.25, -0.2) is 19.6 Å². The zero-order valence-electron chi connectivity index (χ0n) is 14.0. The van der Waals surface area contributed by atoms with E-state index < -0.39 is 23.3 Å². The molecular formula is C15H12F3N5O2S2. The van der Waals surface area contributed by atoms with Crippen molar-refractivity contribution in [3.05, 3.63) is 45.1 Å². The summed E-state index contributed by atoms with van der Waals surface area (Å²) >= 11 is 2.11. The number of nitrogens with zero attached hydrogens (tertiary/aromatic N) is 4. The van der Waals surface area contributed by atoms with E-state index in [4.69, 9.17) is 0 Å². The van der Waals surface area contributed by atoms with Gasteiger partial charge in [0.2, 0.25) is 5.91 Å². The van der Waals surface area contributed by atoms with Gasteiger partial charge in [0.1, 0.15) is 16.9 Å². The van der Waals surface area contributed by atoms with Crippen LogP contribution in [0.5, 0.6) is 0 Å². The Morgan fingerprint density at radius 2 is 2.07 bits per heavy atom. The molecular weight excluding hydrogens is 403 g/mol. The van der Waals surface area contributed by atoms with Gasteiger partial charge < -0.3 is 0 Å². The molecule has 142 valence electrons. The molecule has 0 atom stereocenters. The van der Waals surface area contributed by atoms with Crippen LogP contribution in [0.3, 0.4) is 0 Å². The van der Waals surface area contributed by atoms with Gasteiger partial charge in [0.05, 0.1) is 11.1 Å². The molecule has 0 aromatic carbocycles. The highest BCUT2D eigenvalue weighted by Gasteiger charge is 2.32. The predicted molar refractivity (Wildman–Crippen MR) is 95.5 cm³/mol. The van der Waals surface area contributed by atoms with Crippen LogP contribution in [-0.2, 0) is 11.0 Å². The number of aromatic nitrogens is 4. The van der Waals surface area contributed by atoms with Crippen LogP contribution < -0.4 is 11.0 Å². The van der Waals surface area contributed by atoms with Crippen molar-refractivity contribution < 1.29 is 18.0 Å². The van der Waals surface area contributed by atoms with E-state index in [1.54, 1.807) is 6.92 Å². The number of thioether (sulfide) groups is 1. The quantitative estimate of drug-likeness (QED) is 0.521. The number of halogens is 3. The van der Waals surface area contributed by atoms with Gasteiger partial charge in [-0.3, -0.25) is 15.0 Å². The Kier molecular flexibility index (Phi) is 5.20. The molecule has 0 spiro atoms. The Bertz CT molecular complexity index is 1080. The summed E-state index contributed by atoms with van der Waals surface area (Å²) in [7, 11) is 0. The maximum absolute atomic E-state index is 12.6. The van der Waals surface area contributed by atoms with Gasteiger partial charge in [-0.2, -0.15) is 13.2 Å². The lowest BCUT2D eigenvalue weighted by Crippen LogP contribution is -2.34. The molecule has 7 nitrogen and oxygen atoms in total. The van der Waals surface area contributed by atoms with E-state index in [-0.39, 0.29) is 10.9 Å². The topological polar surface area (TPSA) is 89.8 Å². The Hall–Kier alpha value is -2.47. The number of nitrogens with one attached hydrogen (secondary N) is 1. The average Bonchev–Trinajstić information content (AvgIpc) is 2.90. The second kappa shape index (κ2) is 7.27. The van der Waals surface area contributed by atoms with E-state index in [0.29, 0.717) is 10.2 Å². The number of fused-ring (bicyclic) bond motifs is 1. The van der Waals surface area contributed by atoms with Gasteiger partial charge in [-0.05, 0) is 25.5 Å². The zero-order valence-corrected chi connectivity index (χ0v) is 15.6. The molecule has 0 saturated carbocycles. The molecule has 0 radical (unpaired) electrons. The van der Waals surface area contributed by atoms with Gasteiger partial charge in [0.25, 0.3) is 5.56 Å². The van der Waals surface area contributed by atoms with Crippen molar-refractivity contribution in [1.82, 2.24) is 19.6 Å². The molecule has 1 N–H and O–H groups in total. The monoisotopic (exact) mass is 415 g/mol. The Morgan fingerprint density at radius 1 is 1.33 bits per heavy atom. The third-order valence-corrected chi connectivity index (χ3v) is 5.57. The Labute approximate surface area is 158 Å². The van der Waals surface area contributed by atoms with Crippen LogP contribution in [0.1, 0.15) is 16.1 Å². The van der Waals surface area contributed by atoms with Crippen LogP contribution in [0.4, 0.5) is 13.2 Å². The summed E-state index contributed by atoms with van der Waals surface area (Å²) in [5, 5.41) is 0.236. The number of amides is 1. The Morgan fingerprint density at radius 3 is 2.78 bits per heavy atom. The summed E-state index contributed by atoms with van der Waals surface area (Å²) in [6, 6.07) is 0.746. The van der Waals surface area contributed by atoms with Crippen LogP contribution in [0.2, 0.25) is 0 Å². The van der Waals surface area contributed by atoms with Crippen LogP contribution in [-0.4, -0.2) is 31.3 Å². The second-order valence-corrected chi connectivity index (χ2v) is 7.57. The fourth-order valence-electron chi connectivity index (χ4n) is 2.18. The molecule has 3 aromatic rings. The van der Waals surface area contributed by atoms with Gasteiger partial charge in [-0.15, -0.1) is 11.3 Å². The fraction of sp³-hybridized carbons (Fsp3) is 0.267. The molecule has 3 aromatic heterocycles. The summed E-state index contributed by atoms with van der Waals surface area (Å²) in [5.74, 6) is -0.873. The van der Waals surface area contributed by atoms with Crippen molar-refractivity contribution in [2.24, 2.45) is 0 Å². The average molecular weight is 415 g/mol. The SMILES string of the molecule is Cc1sc2ncn(NC(=O)CSc3nccc(C(F)(F)F)n3)c(=O)c2c1C. The van der Waals surface area contributed by atoms with Crippen molar-refractivity contribution in [2.45, 2.75) is 25.2 Å². The van der Waals surface area contributed by atoms with Crippen molar-refractivity contribution in [2.75, 3.05) is 11.2 Å². The first-order valence-corrected chi connectivity index (χ1v) is 9.27. The number of thiophene rings is 1. The lowest BCUT2D eigenvalue weighted by molar-refractivity contribution is -0.141. The molecule has 3 heterocycles. The van der Waals surface area contributed by atoms with Crippen molar-refractivity contribution in [3.8, 4) is 0 Å². The molecule has 0 unspecified atom stereocenters. The van der Waals surface area contributed by atoms with Crippen LogP contribution in [0.25, 0.3) is 10.2 Å². The minimum atomic E-state index is -4.59. The fourth-order valence-corrected chi connectivity index (χ4v) is 3.79. The molecule has 12 heteroatoms. The third-order valence-electron chi connectivity index (χ3n) is 3.59. The second-order valence-electron chi connectivity index (χ2n) is 5.43. The number of aryl methyl sites for hydroxylation is 2. The number of hydrogen-bond donors (Lipinski definition) is 1. The van der Waals surface area contributed by atoms with Gasteiger partial charge in [0.15, 0.2) is 5.16 Å². The minimum Gasteiger partial charge on any atom is -0.272 e. The summed E-state index contributed by atoms with van der Waals surface area (Å²) in [4.78, 5) is 37.3. The summed E-state index contributed by atoms with van der Waals surface area (Å²) in [5.41, 5.74) is 1.65. The molecule has 0 aliphatic rings. The Balaban J connectivity index is 1.72. The van der Waals surface area contributed by atoms with Crippen LogP contribution in [0.15, 0.2) is 28.5 Å². The van der Waals surface area contributed by atoms with Crippen LogP contribution >= 0.6 is 23.1 Å². The molecule has 27 heavy (non-hydrogen) atoms. The summed E-state index contributed by atoms with van der Waals surface area (Å²) in [6.45, 7) is 3.67. The number of carbonyl (C=O) groups excluding carboxylic acids is 1. The minimum absolute atomic E-state index is 0.190. The highest BCUT2D eigenvalue weighted by atomic mass is 32.2. The van der Waals surface area contributed by atoms with E-state index >= 15 is 0 Å². The van der Waals surface area contributed by atoms with Crippen LogP contribution in [0, 0.1) is 13.8 Å². The highest BCUT2D eigenvalue weighted by Crippen LogP contribution is 2.28. The molecule has 1 amide bonds. The maximum atomic E-state index is 12.6. The molecule has 0 aliphatic heterocycles. The lowest BCUT2D eigenvalue weighted by atomic mass is 10.2. The largest absolute Gasteiger partial charge is 0.433 e. The van der Waals surface area contributed by atoms with Crippen molar-refractivity contribution >= 4 is 39.2 Å². The smallest absolute Gasteiger partial charge is 0.272 e. The summed E-state index contributed by atoms with van der Waals surface area (Å²) < 4.78 is 38.9. The first-order valence-electron chi connectivity index (χ1n) is 7.47. The van der Waals surface area contributed by atoms with E-state index in [1.807, 2.05) is 6.92 Å². The number of hydrogen-bond acceptors (Lipinski definition) is 7. The van der Waals surface area contributed by atoms with Crippen molar-refractivity contribution in [3.63, 3.8) is 0 Å². The number of carbonyl (C=O) groups is 1. The van der Waals surface area contributed by atoms with E-state index in [2.05, 4.69) is 20.4 Å². The van der Waals surface area contributed by atoms with E-state index in [1.165, 1.54) is 17.7 Å². The molecule has 0 saturated heterocycles.